The Morgan fingerprint density at radius 2 is 2.07 bits per heavy atom. The standard InChI is InChI=1S/C19H22F3N3O.H2S/c1-13(16-4-3-5-18(24-16)26-2)25-9-7-15(12-25)10-14-6-8-23-17(11-14)19(20,21)22;/h3-6,8,11,13,15H,7,9-10,12H2,1-2H3;1H2/t13?,15-;/m1./s1. The van der Waals surface area contributed by atoms with Gasteiger partial charge in [-0.1, -0.05) is 6.07 Å². The van der Waals surface area contributed by atoms with E-state index in [4.69, 9.17) is 4.74 Å². The van der Waals surface area contributed by atoms with E-state index in [0.717, 1.165) is 31.3 Å². The molecule has 148 valence electrons. The number of ether oxygens (including phenoxy) is 1. The summed E-state index contributed by atoms with van der Waals surface area (Å²) in [6, 6.07) is 8.67. The van der Waals surface area contributed by atoms with Gasteiger partial charge in [0.05, 0.1) is 12.8 Å². The maximum atomic E-state index is 12.8. The normalized spacial score (nSPS) is 18.8. The molecule has 2 aromatic rings. The second-order valence-corrected chi connectivity index (χ2v) is 6.68. The van der Waals surface area contributed by atoms with Gasteiger partial charge in [-0.3, -0.25) is 9.88 Å². The molecule has 0 bridgehead atoms. The third kappa shape index (κ3) is 5.35. The summed E-state index contributed by atoms with van der Waals surface area (Å²) in [4.78, 5) is 10.2. The van der Waals surface area contributed by atoms with Gasteiger partial charge in [-0.15, -0.1) is 0 Å². The predicted octanol–water partition coefficient (Wildman–Crippen LogP) is 4.24. The fourth-order valence-corrected chi connectivity index (χ4v) is 3.43. The minimum atomic E-state index is -4.40. The SMILES string of the molecule is COc1cccc(C(C)N2CC[C@H](Cc3ccnc(C(F)(F)F)c3)C2)n1.S. The molecule has 3 rings (SSSR count). The van der Waals surface area contributed by atoms with Gasteiger partial charge < -0.3 is 4.74 Å². The fraction of sp³-hybridized carbons (Fsp3) is 0.474. The van der Waals surface area contributed by atoms with Gasteiger partial charge in [0.1, 0.15) is 5.69 Å². The van der Waals surface area contributed by atoms with Crippen molar-refractivity contribution in [3.63, 3.8) is 0 Å². The van der Waals surface area contributed by atoms with E-state index in [9.17, 15) is 13.2 Å². The molecule has 1 aliphatic heterocycles. The van der Waals surface area contributed by atoms with Crippen LogP contribution in [0.15, 0.2) is 36.5 Å². The minimum Gasteiger partial charge on any atom is -0.481 e. The monoisotopic (exact) mass is 399 g/mol. The molecule has 0 N–H and O–H groups in total. The van der Waals surface area contributed by atoms with Crippen molar-refractivity contribution < 1.29 is 17.9 Å². The number of hydrogen-bond acceptors (Lipinski definition) is 4. The third-order valence-electron chi connectivity index (χ3n) is 4.89. The van der Waals surface area contributed by atoms with Crippen molar-refractivity contribution in [3.05, 3.63) is 53.5 Å². The Hall–Kier alpha value is -1.80. The number of aromatic nitrogens is 2. The summed E-state index contributed by atoms with van der Waals surface area (Å²) in [7, 11) is 1.59. The van der Waals surface area contributed by atoms with E-state index in [1.807, 2.05) is 18.2 Å². The molecule has 1 unspecified atom stereocenters. The average Bonchev–Trinajstić information content (AvgIpc) is 3.09. The maximum absolute atomic E-state index is 12.8. The molecule has 27 heavy (non-hydrogen) atoms. The smallest absolute Gasteiger partial charge is 0.433 e. The molecule has 1 aliphatic rings. The van der Waals surface area contributed by atoms with E-state index in [1.165, 1.54) is 6.20 Å². The van der Waals surface area contributed by atoms with Crippen LogP contribution in [-0.4, -0.2) is 35.1 Å². The molecule has 8 heteroatoms. The quantitative estimate of drug-likeness (QED) is 0.754. The van der Waals surface area contributed by atoms with Crippen molar-refractivity contribution in [2.75, 3.05) is 20.2 Å². The molecule has 0 aliphatic carbocycles. The Labute approximate surface area is 164 Å². The lowest BCUT2D eigenvalue weighted by Gasteiger charge is -2.24. The number of nitrogens with zero attached hydrogens (tertiary/aromatic N) is 3. The highest BCUT2D eigenvalue weighted by Crippen LogP contribution is 2.31. The third-order valence-corrected chi connectivity index (χ3v) is 4.89. The Kier molecular flexibility index (Phi) is 7.11. The van der Waals surface area contributed by atoms with Crippen LogP contribution in [0.2, 0.25) is 0 Å². The second-order valence-electron chi connectivity index (χ2n) is 6.68. The van der Waals surface area contributed by atoms with Crippen LogP contribution in [0.3, 0.4) is 0 Å². The number of pyridine rings is 2. The lowest BCUT2D eigenvalue weighted by Crippen LogP contribution is -2.25. The van der Waals surface area contributed by atoms with Gasteiger partial charge >= 0.3 is 6.18 Å². The largest absolute Gasteiger partial charge is 0.481 e. The first kappa shape index (κ1) is 21.5. The molecule has 0 spiro atoms. The van der Waals surface area contributed by atoms with Crippen molar-refractivity contribution in [2.24, 2.45) is 5.92 Å². The van der Waals surface area contributed by atoms with Crippen LogP contribution in [0.4, 0.5) is 13.2 Å². The van der Waals surface area contributed by atoms with Crippen LogP contribution in [-0.2, 0) is 12.6 Å². The number of likely N-dealkylation sites (tertiary alicyclic amines) is 1. The van der Waals surface area contributed by atoms with Gasteiger partial charge in [0, 0.05) is 24.8 Å². The summed E-state index contributed by atoms with van der Waals surface area (Å²) in [5.41, 5.74) is 0.804. The fourth-order valence-electron chi connectivity index (χ4n) is 3.43. The lowest BCUT2D eigenvalue weighted by atomic mass is 9.99. The zero-order valence-corrected chi connectivity index (χ0v) is 16.3. The van der Waals surface area contributed by atoms with Crippen LogP contribution < -0.4 is 4.74 Å². The van der Waals surface area contributed by atoms with E-state index in [2.05, 4.69) is 21.8 Å². The van der Waals surface area contributed by atoms with Crippen molar-refractivity contribution >= 4 is 13.5 Å². The summed E-state index contributed by atoms with van der Waals surface area (Å²) in [6.07, 6.45) is -1.57. The highest BCUT2D eigenvalue weighted by atomic mass is 32.1. The van der Waals surface area contributed by atoms with Gasteiger partial charge in [-0.2, -0.15) is 26.7 Å². The summed E-state index contributed by atoms with van der Waals surface area (Å²) < 4.78 is 43.6. The molecule has 3 heterocycles. The number of rotatable bonds is 5. The summed E-state index contributed by atoms with van der Waals surface area (Å²) in [5.74, 6) is 0.910. The minimum absolute atomic E-state index is 0. The Morgan fingerprint density at radius 1 is 1.30 bits per heavy atom. The molecule has 2 atom stereocenters. The molecule has 0 saturated carbocycles. The second kappa shape index (κ2) is 8.93. The summed E-state index contributed by atoms with van der Waals surface area (Å²) in [6.45, 7) is 3.84. The molecule has 0 radical (unpaired) electrons. The van der Waals surface area contributed by atoms with Crippen LogP contribution in [0.25, 0.3) is 0 Å². The zero-order valence-electron chi connectivity index (χ0n) is 15.3. The molecule has 0 amide bonds. The molecular formula is C19H24F3N3OS. The van der Waals surface area contributed by atoms with Crippen LogP contribution in [0.1, 0.15) is 36.3 Å². The van der Waals surface area contributed by atoms with Gasteiger partial charge in [0.25, 0.3) is 0 Å². The number of methoxy groups -OCH3 is 1. The van der Waals surface area contributed by atoms with E-state index in [1.54, 1.807) is 13.2 Å². The van der Waals surface area contributed by atoms with Crippen LogP contribution in [0.5, 0.6) is 5.88 Å². The topological polar surface area (TPSA) is 38.2 Å². The number of hydrogen-bond donors (Lipinski definition) is 0. The number of halogens is 3. The van der Waals surface area contributed by atoms with Crippen LogP contribution in [0, 0.1) is 5.92 Å². The lowest BCUT2D eigenvalue weighted by molar-refractivity contribution is -0.141. The summed E-state index contributed by atoms with van der Waals surface area (Å²) in [5, 5.41) is 0. The zero-order chi connectivity index (χ0) is 18.7. The first-order valence-electron chi connectivity index (χ1n) is 8.64. The first-order valence-corrected chi connectivity index (χ1v) is 8.64. The van der Waals surface area contributed by atoms with Crippen molar-refractivity contribution in [3.8, 4) is 5.88 Å². The molecule has 1 saturated heterocycles. The van der Waals surface area contributed by atoms with Crippen molar-refractivity contribution in [2.45, 2.75) is 32.0 Å². The summed E-state index contributed by atoms with van der Waals surface area (Å²) >= 11 is 0. The molecular weight excluding hydrogens is 375 g/mol. The molecule has 4 nitrogen and oxygen atoms in total. The van der Waals surface area contributed by atoms with Gasteiger partial charge in [0.2, 0.25) is 5.88 Å². The van der Waals surface area contributed by atoms with Crippen molar-refractivity contribution in [1.29, 1.82) is 0 Å². The van der Waals surface area contributed by atoms with Crippen molar-refractivity contribution in [1.82, 2.24) is 14.9 Å². The Morgan fingerprint density at radius 3 is 2.78 bits per heavy atom. The van der Waals surface area contributed by atoms with E-state index in [0.29, 0.717) is 23.8 Å². The van der Waals surface area contributed by atoms with Gasteiger partial charge in [-0.05, 0) is 56.0 Å². The predicted molar refractivity (Wildman–Crippen MR) is 102 cm³/mol. The molecule has 1 fully saturated rings. The Bertz CT molecular complexity index is 757. The first-order chi connectivity index (χ1) is 12.4. The van der Waals surface area contributed by atoms with Gasteiger partial charge in [-0.25, -0.2) is 4.98 Å². The Balaban J connectivity index is 0.00000261. The molecule has 2 aromatic heterocycles. The number of alkyl halides is 3. The van der Waals surface area contributed by atoms with Crippen LogP contribution >= 0.6 is 13.5 Å². The highest BCUT2D eigenvalue weighted by molar-refractivity contribution is 7.59. The maximum Gasteiger partial charge on any atom is 0.433 e. The van der Waals surface area contributed by atoms with E-state index < -0.39 is 11.9 Å². The highest BCUT2D eigenvalue weighted by Gasteiger charge is 2.33. The van der Waals surface area contributed by atoms with E-state index in [-0.39, 0.29) is 19.5 Å². The van der Waals surface area contributed by atoms with E-state index >= 15 is 0 Å². The molecule has 0 aromatic carbocycles. The average molecular weight is 399 g/mol. The van der Waals surface area contributed by atoms with Gasteiger partial charge in [0.15, 0.2) is 0 Å².